The fraction of sp³-hybridized carbons (Fsp3) is 0.536. The van der Waals surface area contributed by atoms with E-state index in [0.717, 1.165) is 32.6 Å². The van der Waals surface area contributed by atoms with Crippen molar-refractivity contribution in [1.82, 2.24) is 4.98 Å². The number of hydrogen-bond donors (Lipinski definition) is 2. The summed E-state index contributed by atoms with van der Waals surface area (Å²) in [5.41, 5.74) is 3.31. The first-order chi connectivity index (χ1) is 15.7. The van der Waals surface area contributed by atoms with Crippen LogP contribution in [0.2, 0.25) is 0 Å². The zero-order valence-corrected chi connectivity index (χ0v) is 19.9. The topological polar surface area (TPSA) is 45.2 Å². The number of thiazole rings is 1. The molecule has 2 N–H and O–H groups in total. The maximum absolute atomic E-state index is 9.71. The summed E-state index contributed by atoms with van der Waals surface area (Å²) in [6.07, 6.45) is 17.0. The van der Waals surface area contributed by atoms with E-state index in [1.165, 1.54) is 82.7 Å². The number of nitrogens with one attached hydrogen (secondary N) is 1. The minimum absolute atomic E-state index is 0.299. The normalized spacial score (nSPS) is 23.4. The molecular weight excluding hydrogens is 412 g/mol. The van der Waals surface area contributed by atoms with Gasteiger partial charge in [-0.05, 0) is 73.6 Å². The summed E-state index contributed by atoms with van der Waals surface area (Å²) < 4.78 is 1.03. The van der Waals surface area contributed by atoms with Crippen LogP contribution in [0.5, 0.6) is 5.75 Å². The molecule has 3 aromatic rings. The third-order valence-corrected chi connectivity index (χ3v) is 8.77. The number of phenolic OH excluding ortho intramolecular Hbond substituents is 1. The number of nitrogens with zero attached hydrogens (tertiary/aromatic N) is 1. The number of hydrogen-bond acceptors (Lipinski definition) is 4. The Kier molecular flexibility index (Phi) is 6.97. The van der Waals surface area contributed by atoms with Crippen LogP contribution in [0.1, 0.15) is 77.0 Å². The van der Waals surface area contributed by atoms with Gasteiger partial charge in [0.25, 0.3) is 0 Å². The van der Waals surface area contributed by atoms with E-state index in [0.29, 0.717) is 11.8 Å². The van der Waals surface area contributed by atoms with Gasteiger partial charge in [-0.25, -0.2) is 4.98 Å². The Morgan fingerprint density at radius 2 is 1.44 bits per heavy atom. The van der Waals surface area contributed by atoms with E-state index in [9.17, 15) is 5.11 Å². The van der Waals surface area contributed by atoms with E-state index in [4.69, 9.17) is 4.98 Å². The Morgan fingerprint density at radius 3 is 2.22 bits per heavy atom. The molecule has 2 aliphatic rings. The summed E-state index contributed by atoms with van der Waals surface area (Å²) in [6.45, 7) is 0. The van der Waals surface area contributed by atoms with Crippen LogP contribution in [0.4, 0.5) is 5.69 Å². The third-order valence-electron chi connectivity index (χ3n) is 7.70. The molecule has 4 heteroatoms. The maximum atomic E-state index is 9.71. The number of aromatic nitrogens is 1. The van der Waals surface area contributed by atoms with E-state index in [1.54, 1.807) is 23.5 Å². The lowest BCUT2D eigenvalue weighted by Crippen LogP contribution is -2.25. The Hall–Kier alpha value is -2.07. The molecule has 2 unspecified atom stereocenters. The van der Waals surface area contributed by atoms with Crippen molar-refractivity contribution in [2.75, 3.05) is 5.32 Å². The van der Waals surface area contributed by atoms with Crippen LogP contribution in [-0.4, -0.2) is 16.1 Å². The molecule has 1 aromatic heterocycles. The molecule has 2 saturated carbocycles. The van der Waals surface area contributed by atoms with Crippen molar-refractivity contribution in [3.8, 4) is 16.3 Å². The van der Waals surface area contributed by atoms with Crippen molar-refractivity contribution in [3.05, 3.63) is 42.5 Å². The molecule has 0 spiro atoms. The number of anilines is 1. The van der Waals surface area contributed by atoms with Crippen LogP contribution in [0, 0.1) is 11.8 Å². The summed E-state index contributed by atoms with van der Waals surface area (Å²) in [7, 11) is 0. The van der Waals surface area contributed by atoms with Gasteiger partial charge in [0.2, 0.25) is 0 Å². The molecule has 2 aliphatic carbocycles. The van der Waals surface area contributed by atoms with Crippen LogP contribution in [0.15, 0.2) is 42.5 Å². The largest absolute Gasteiger partial charge is 0.508 e. The van der Waals surface area contributed by atoms with Gasteiger partial charge in [-0.3, -0.25) is 0 Å². The second-order valence-corrected chi connectivity index (χ2v) is 11.0. The first-order valence-electron chi connectivity index (χ1n) is 12.7. The van der Waals surface area contributed by atoms with Gasteiger partial charge in [-0.2, -0.15) is 0 Å². The Balaban J connectivity index is 1.21. The predicted octanol–water partition coefficient (Wildman–Crippen LogP) is 8.39. The molecule has 0 bridgehead atoms. The van der Waals surface area contributed by atoms with Crippen molar-refractivity contribution in [3.63, 3.8) is 0 Å². The summed E-state index contributed by atoms with van der Waals surface area (Å²) >= 11 is 1.63. The lowest BCUT2D eigenvalue weighted by Gasteiger charge is -2.31. The molecule has 0 radical (unpaired) electrons. The standard InChI is InChI=1S/C28H36N2OS/c31-25-17-18-26-27(19-25)32-28(30-26)22-12-15-24(16-13-22)29-23-10-6-5-9-21(11-14-23)20-7-3-1-2-4-8-20/h12-13,15-21,23,29,31H,1-11,14H2. The molecule has 170 valence electrons. The monoisotopic (exact) mass is 448 g/mol. The number of rotatable bonds is 4. The van der Waals surface area contributed by atoms with Gasteiger partial charge in [-0.15, -0.1) is 11.3 Å². The first-order valence-corrected chi connectivity index (χ1v) is 13.5. The molecule has 0 aliphatic heterocycles. The zero-order valence-electron chi connectivity index (χ0n) is 19.1. The van der Waals surface area contributed by atoms with E-state index >= 15 is 0 Å². The van der Waals surface area contributed by atoms with Crippen molar-refractivity contribution in [2.45, 2.75) is 83.1 Å². The highest BCUT2D eigenvalue weighted by atomic mass is 32.1. The minimum Gasteiger partial charge on any atom is -0.508 e. The van der Waals surface area contributed by atoms with E-state index in [2.05, 4.69) is 29.6 Å². The second-order valence-electron chi connectivity index (χ2n) is 9.96. The highest BCUT2D eigenvalue weighted by molar-refractivity contribution is 7.21. The molecule has 0 saturated heterocycles. The molecule has 2 aromatic carbocycles. The molecule has 1 heterocycles. The SMILES string of the molecule is Oc1ccc2nc(-c3ccc(NC4CCCCC(C5CCCCCC5)CC4)cc3)sc2c1. The van der Waals surface area contributed by atoms with E-state index in [-0.39, 0.29) is 0 Å². The first kappa shape index (κ1) is 21.8. The van der Waals surface area contributed by atoms with Crippen LogP contribution >= 0.6 is 11.3 Å². The average molecular weight is 449 g/mol. The smallest absolute Gasteiger partial charge is 0.124 e. The summed E-state index contributed by atoms with van der Waals surface area (Å²) in [5, 5.41) is 14.6. The minimum atomic E-state index is 0.299. The molecule has 3 nitrogen and oxygen atoms in total. The van der Waals surface area contributed by atoms with Gasteiger partial charge in [0, 0.05) is 17.3 Å². The van der Waals surface area contributed by atoms with E-state index in [1.807, 2.05) is 6.07 Å². The number of benzene rings is 2. The number of aromatic hydroxyl groups is 1. The Labute approximate surface area is 196 Å². The molecule has 0 amide bonds. The quantitative estimate of drug-likeness (QED) is 0.394. The van der Waals surface area contributed by atoms with Gasteiger partial charge in [-0.1, -0.05) is 57.8 Å². The van der Waals surface area contributed by atoms with Crippen LogP contribution in [0.25, 0.3) is 20.8 Å². The Morgan fingerprint density at radius 1 is 0.750 bits per heavy atom. The van der Waals surface area contributed by atoms with Gasteiger partial charge >= 0.3 is 0 Å². The fourth-order valence-corrected chi connectivity index (χ4v) is 6.88. The highest BCUT2D eigenvalue weighted by Crippen LogP contribution is 2.37. The fourth-order valence-electron chi connectivity index (χ4n) is 5.88. The lowest BCUT2D eigenvalue weighted by molar-refractivity contribution is 0.237. The molecular formula is C28H36N2OS. The lowest BCUT2D eigenvalue weighted by atomic mass is 9.77. The van der Waals surface area contributed by atoms with Crippen LogP contribution in [0.3, 0.4) is 0 Å². The van der Waals surface area contributed by atoms with Crippen molar-refractivity contribution < 1.29 is 5.11 Å². The van der Waals surface area contributed by atoms with Crippen molar-refractivity contribution >= 4 is 27.2 Å². The third kappa shape index (κ3) is 5.28. The number of fused-ring (bicyclic) bond motifs is 1. The van der Waals surface area contributed by atoms with Crippen LogP contribution in [-0.2, 0) is 0 Å². The molecule has 2 fully saturated rings. The summed E-state index contributed by atoms with van der Waals surface area (Å²) in [5.74, 6) is 2.25. The average Bonchev–Trinajstić information content (AvgIpc) is 3.01. The van der Waals surface area contributed by atoms with Crippen LogP contribution < -0.4 is 5.32 Å². The number of phenols is 1. The molecule has 2 atom stereocenters. The molecule has 5 rings (SSSR count). The van der Waals surface area contributed by atoms with Gasteiger partial charge in [0.05, 0.1) is 10.2 Å². The van der Waals surface area contributed by atoms with Gasteiger partial charge < -0.3 is 10.4 Å². The van der Waals surface area contributed by atoms with E-state index < -0.39 is 0 Å². The van der Waals surface area contributed by atoms with Gasteiger partial charge in [0.15, 0.2) is 0 Å². The molecule has 32 heavy (non-hydrogen) atoms. The summed E-state index contributed by atoms with van der Waals surface area (Å²) in [4.78, 5) is 4.74. The zero-order chi connectivity index (χ0) is 21.8. The second kappa shape index (κ2) is 10.2. The van der Waals surface area contributed by atoms with Crippen molar-refractivity contribution in [2.24, 2.45) is 11.8 Å². The maximum Gasteiger partial charge on any atom is 0.124 e. The summed E-state index contributed by atoms with van der Waals surface area (Å²) in [6, 6.07) is 14.8. The van der Waals surface area contributed by atoms with Gasteiger partial charge in [0.1, 0.15) is 10.8 Å². The predicted molar refractivity (Wildman–Crippen MR) is 137 cm³/mol. The highest BCUT2D eigenvalue weighted by Gasteiger charge is 2.25. The Bertz CT molecular complexity index is 1000. The van der Waals surface area contributed by atoms with Crippen molar-refractivity contribution in [1.29, 1.82) is 0 Å².